The molecule has 0 N–H and O–H groups in total. The fourth-order valence-electron chi connectivity index (χ4n) is 2.17. The van der Waals surface area contributed by atoms with Crippen LogP contribution in [-0.2, 0) is 26.9 Å². The summed E-state index contributed by atoms with van der Waals surface area (Å²) in [5, 5.41) is -0.404. The monoisotopic (exact) mass is 432 g/mol. The molecule has 0 unspecified atom stereocenters. The Hall–Kier alpha value is -2.19. The third-order valence-corrected chi connectivity index (χ3v) is 4.53. The minimum absolute atomic E-state index is 0.0576. The van der Waals surface area contributed by atoms with Gasteiger partial charge in [-0.2, -0.15) is 13.2 Å². The molecule has 0 amide bonds. The molecule has 0 aliphatic rings. The average Bonchev–Trinajstić information content (AvgIpc) is 2.61. The SMILES string of the molecule is CCOC(=O)CSC(=O)Cc1cccc(Oc2ccc(C(F)(F)F)cc2Cl)c1. The number of benzene rings is 2. The number of hydrogen-bond acceptors (Lipinski definition) is 5. The lowest BCUT2D eigenvalue weighted by molar-refractivity contribution is -0.140. The summed E-state index contributed by atoms with van der Waals surface area (Å²) in [5.74, 6) is -0.142. The van der Waals surface area contributed by atoms with Crippen LogP contribution in [-0.4, -0.2) is 23.4 Å². The highest BCUT2D eigenvalue weighted by atomic mass is 35.5. The van der Waals surface area contributed by atoms with E-state index in [1.54, 1.807) is 31.2 Å². The van der Waals surface area contributed by atoms with Gasteiger partial charge in [-0.15, -0.1) is 0 Å². The van der Waals surface area contributed by atoms with Gasteiger partial charge in [0, 0.05) is 6.42 Å². The van der Waals surface area contributed by atoms with Gasteiger partial charge in [0.25, 0.3) is 0 Å². The predicted molar refractivity (Wildman–Crippen MR) is 101 cm³/mol. The number of ether oxygens (including phenoxy) is 2. The maximum atomic E-state index is 12.7. The topological polar surface area (TPSA) is 52.6 Å². The van der Waals surface area contributed by atoms with E-state index in [9.17, 15) is 22.8 Å². The van der Waals surface area contributed by atoms with Crippen molar-refractivity contribution in [3.8, 4) is 11.5 Å². The summed E-state index contributed by atoms with van der Waals surface area (Å²) < 4.78 is 48.4. The van der Waals surface area contributed by atoms with Gasteiger partial charge in [0.05, 0.1) is 22.9 Å². The lowest BCUT2D eigenvalue weighted by Gasteiger charge is -2.11. The first-order valence-electron chi connectivity index (χ1n) is 8.14. The molecule has 2 aromatic rings. The molecular weight excluding hydrogens is 417 g/mol. The zero-order chi connectivity index (χ0) is 20.7. The first-order valence-corrected chi connectivity index (χ1v) is 9.50. The highest BCUT2D eigenvalue weighted by Crippen LogP contribution is 2.36. The molecule has 28 heavy (non-hydrogen) atoms. The lowest BCUT2D eigenvalue weighted by atomic mass is 10.1. The van der Waals surface area contributed by atoms with Crippen LogP contribution in [0.3, 0.4) is 0 Å². The molecule has 9 heteroatoms. The molecule has 2 aromatic carbocycles. The van der Waals surface area contributed by atoms with Crippen LogP contribution in [0.25, 0.3) is 0 Å². The fraction of sp³-hybridized carbons (Fsp3) is 0.263. The van der Waals surface area contributed by atoms with Crippen molar-refractivity contribution in [2.24, 2.45) is 0 Å². The number of carbonyl (C=O) groups is 2. The van der Waals surface area contributed by atoms with E-state index in [2.05, 4.69) is 0 Å². The molecule has 0 fully saturated rings. The molecule has 0 spiro atoms. The number of thioether (sulfide) groups is 1. The molecule has 0 aliphatic carbocycles. The van der Waals surface area contributed by atoms with Gasteiger partial charge in [0.1, 0.15) is 11.5 Å². The standard InChI is InChI=1S/C19H16ClF3O4S/c1-2-26-17(24)11-28-18(25)9-12-4-3-5-14(8-12)27-16-7-6-13(10-15(16)20)19(21,22)23/h3-8,10H,2,9,11H2,1H3. The first-order chi connectivity index (χ1) is 13.2. The lowest BCUT2D eigenvalue weighted by Crippen LogP contribution is -2.09. The van der Waals surface area contributed by atoms with E-state index in [4.69, 9.17) is 21.1 Å². The largest absolute Gasteiger partial charge is 0.465 e. The third-order valence-electron chi connectivity index (χ3n) is 3.39. The third kappa shape index (κ3) is 6.76. The maximum Gasteiger partial charge on any atom is 0.416 e. The Bertz CT molecular complexity index is 855. The van der Waals surface area contributed by atoms with Gasteiger partial charge in [-0.25, -0.2) is 0 Å². The van der Waals surface area contributed by atoms with Crippen molar-refractivity contribution in [2.45, 2.75) is 19.5 Å². The van der Waals surface area contributed by atoms with Gasteiger partial charge in [-0.3, -0.25) is 9.59 Å². The highest BCUT2D eigenvalue weighted by Gasteiger charge is 2.31. The predicted octanol–water partition coefficient (Wildman–Crippen LogP) is 5.52. The molecular formula is C19H16ClF3O4S. The average molecular weight is 433 g/mol. The molecule has 0 aliphatic heterocycles. The van der Waals surface area contributed by atoms with E-state index in [1.807, 2.05) is 0 Å². The highest BCUT2D eigenvalue weighted by molar-refractivity contribution is 8.14. The zero-order valence-corrected chi connectivity index (χ0v) is 16.3. The van der Waals surface area contributed by atoms with Gasteiger partial charge in [-0.1, -0.05) is 35.5 Å². The second-order valence-corrected chi connectivity index (χ2v) is 6.97. The van der Waals surface area contributed by atoms with Crippen molar-refractivity contribution < 1.29 is 32.2 Å². The van der Waals surface area contributed by atoms with E-state index in [0.717, 1.165) is 30.0 Å². The van der Waals surface area contributed by atoms with Crippen molar-refractivity contribution in [2.75, 3.05) is 12.4 Å². The van der Waals surface area contributed by atoms with Crippen LogP contribution < -0.4 is 4.74 Å². The molecule has 0 heterocycles. The Morgan fingerprint density at radius 2 is 1.89 bits per heavy atom. The number of alkyl halides is 3. The quantitative estimate of drug-likeness (QED) is 0.539. The van der Waals surface area contributed by atoms with E-state index >= 15 is 0 Å². The smallest absolute Gasteiger partial charge is 0.416 e. The van der Waals surface area contributed by atoms with E-state index in [1.165, 1.54) is 0 Å². The van der Waals surface area contributed by atoms with Crippen LogP contribution in [0.15, 0.2) is 42.5 Å². The number of esters is 1. The molecule has 0 saturated carbocycles. The summed E-state index contributed by atoms with van der Waals surface area (Å²) >= 11 is 6.73. The van der Waals surface area contributed by atoms with Crippen LogP contribution in [0.4, 0.5) is 13.2 Å². The Morgan fingerprint density at radius 1 is 1.14 bits per heavy atom. The molecule has 4 nitrogen and oxygen atoms in total. The van der Waals surface area contributed by atoms with Crippen molar-refractivity contribution in [1.29, 1.82) is 0 Å². The number of rotatable bonds is 7. The molecule has 0 atom stereocenters. The van der Waals surface area contributed by atoms with E-state index in [-0.39, 0.29) is 34.7 Å². The van der Waals surface area contributed by atoms with E-state index in [0.29, 0.717) is 11.3 Å². The number of halogens is 4. The Morgan fingerprint density at radius 3 is 2.54 bits per heavy atom. The van der Waals surface area contributed by atoms with Crippen LogP contribution in [0.1, 0.15) is 18.1 Å². The minimum atomic E-state index is -4.50. The van der Waals surface area contributed by atoms with Crippen LogP contribution in [0, 0.1) is 0 Å². The fourth-order valence-corrected chi connectivity index (χ4v) is 3.02. The summed E-state index contributed by atoms with van der Waals surface area (Å²) in [7, 11) is 0. The summed E-state index contributed by atoms with van der Waals surface area (Å²) in [6.07, 6.45) is -4.44. The number of carbonyl (C=O) groups excluding carboxylic acids is 2. The van der Waals surface area contributed by atoms with Crippen LogP contribution in [0.5, 0.6) is 11.5 Å². The van der Waals surface area contributed by atoms with Crippen LogP contribution in [0.2, 0.25) is 5.02 Å². The van der Waals surface area contributed by atoms with Gasteiger partial charge in [-0.05, 0) is 42.8 Å². The first kappa shape index (κ1) is 22.1. The van der Waals surface area contributed by atoms with E-state index < -0.39 is 17.7 Å². The molecule has 0 saturated heterocycles. The van der Waals surface area contributed by atoms with Gasteiger partial charge >= 0.3 is 12.1 Å². The summed E-state index contributed by atoms with van der Waals surface area (Å²) in [6.45, 7) is 1.93. The summed E-state index contributed by atoms with van der Waals surface area (Å²) in [6, 6.07) is 9.32. The van der Waals surface area contributed by atoms with Crippen LogP contribution >= 0.6 is 23.4 Å². The van der Waals surface area contributed by atoms with Crippen molar-refractivity contribution in [1.82, 2.24) is 0 Å². The van der Waals surface area contributed by atoms with Crippen molar-refractivity contribution in [3.63, 3.8) is 0 Å². The number of hydrogen-bond donors (Lipinski definition) is 0. The summed E-state index contributed by atoms with van der Waals surface area (Å²) in [4.78, 5) is 23.2. The zero-order valence-electron chi connectivity index (χ0n) is 14.7. The molecule has 0 aromatic heterocycles. The Kier molecular flexibility index (Phi) is 7.77. The Balaban J connectivity index is 2.01. The van der Waals surface area contributed by atoms with Gasteiger partial charge in [0.2, 0.25) is 0 Å². The Labute approximate surface area is 169 Å². The normalized spacial score (nSPS) is 11.2. The molecule has 0 radical (unpaired) electrons. The maximum absolute atomic E-state index is 12.7. The second kappa shape index (κ2) is 9.84. The van der Waals surface area contributed by atoms with Crippen molar-refractivity contribution in [3.05, 3.63) is 58.6 Å². The second-order valence-electron chi connectivity index (χ2n) is 5.53. The molecule has 2 rings (SSSR count). The van der Waals surface area contributed by atoms with Gasteiger partial charge < -0.3 is 9.47 Å². The van der Waals surface area contributed by atoms with Crippen molar-refractivity contribution >= 4 is 34.4 Å². The summed E-state index contributed by atoms with van der Waals surface area (Å²) in [5.41, 5.74) is -0.246. The minimum Gasteiger partial charge on any atom is -0.465 e. The molecule has 150 valence electrons. The van der Waals surface area contributed by atoms with Gasteiger partial charge in [0.15, 0.2) is 5.12 Å². The molecule has 0 bridgehead atoms.